The quantitative estimate of drug-likeness (QED) is 0.561. The van der Waals surface area contributed by atoms with Crippen LogP contribution in [0, 0.1) is 0 Å². The molecule has 6 heteroatoms. The zero-order valence-corrected chi connectivity index (χ0v) is 15.0. The minimum atomic E-state index is 0.172. The van der Waals surface area contributed by atoms with Gasteiger partial charge in [0.15, 0.2) is 11.0 Å². The van der Waals surface area contributed by atoms with Crippen LogP contribution in [0.25, 0.3) is 11.4 Å². The third-order valence-corrected chi connectivity index (χ3v) is 5.42. The maximum Gasteiger partial charge on any atom is 0.191 e. The summed E-state index contributed by atoms with van der Waals surface area (Å²) in [4.78, 5) is 0. The second kappa shape index (κ2) is 6.95. The van der Waals surface area contributed by atoms with E-state index in [-0.39, 0.29) is 5.25 Å². The van der Waals surface area contributed by atoms with Crippen molar-refractivity contribution in [3.05, 3.63) is 64.1 Å². The van der Waals surface area contributed by atoms with Crippen molar-refractivity contribution in [3.8, 4) is 11.4 Å². The molecule has 23 heavy (non-hydrogen) atoms. The molecule has 1 atom stereocenters. The Hall–Kier alpha value is -1.49. The molecule has 0 amide bonds. The molecule has 0 aliphatic heterocycles. The lowest BCUT2D eigenvalue weighted by Crippen LogP contribution is -1.97. The summed E-state index contributed by atoms with van der Waals surface area (Å²) >= 11 is 14.2. The highest BCUT2D eigenvalue weighted by molar-refractivity contribution is 7.99. The Morgan fingerprint density at radius 1 is 0.957 bits per heavy atom. The second-order valence-electron chi connectivity index (χ2n) is 5.13. The zero-order chi connectivity index (χ0) is 16.4. The van der Waals surface area contributed by atoms with E-state index in [0.717, 1.165) is 27.1 Å². The molecule has 0 aliphatic rings. The summed E-state index contributed by atoms with van der Waals surface area (Å²) in [5, 5.41) is 11.0. The number of rotatable bonds is 4. The molecule has 1 heterocycles. The van der Waals surface area contributed by atoms with Gasteiger partial charge in [-0.3, -0.25) is 0 Å². The van der Waals surface area contributed by atoms with E-state index in [2.05, 4.69) is 17.1 Å². The highest BCUT2D eigenvalue weighted by atomic mass is 35.5. The van der Waals surface area contributed by atoms with E-state index in [4.69, 9.17) is 23.2 Å². The Bertz CT molecular complexity index is 832. The van der Waals surface area contributed by atoms with Gasteiger partial charge in [0.05, 0.1) is 5.02 Å². The van der Waals surface area contributed by atoms with Crippen LogP contribution in [0.1, 0.15) is 17.7 Å². The molecule has 0 spiro atoms. The minimum absolute atomic E-state index is 0.172. The topological polar surface area (TPSA) is 30.7 Å². The van der Waals surface area contributed by atoms with Crippen LogP contribution in [-0.4, -0.2) is 14.8 Å². The fourth-order valence-electron chi connectivity index (χ4n) is 2.32. The lowest BCUT2D eigenvalue weighted by atomic mass is 10.2. The number of benzene rings is 2. The monoisotopic (exact) mass is 363 g/mol. The van der Waals surface area contributed by atoms with Crippen LogP contribution in [0.4, 0.5) is 0 Å². The standard InChI is InChI=1S/C17H15Cl2N3S/c1-11(12-7-3-5-9-14(12)18)23-17-21-20-16(22(17)2)13-8-4-6-10-15(13)19/h3-11H,1-2H3. The van der Waals surface area contributed by atoms with Crippen LogP contribution >= 0.6 is 35.0 Å². The van der Waals surface area contributed by atoms with Gasteiger partial charge >= 0.3 is 0 Å². The highest BCUT2D eigenvalue weighted by Crippen LogP contribution is 2.38. The highest BCUT2D eigenvalue weighted by Gasteiger charge is 2.17. The maximum absolute atomic E-state index is 6.27. The first-order chi connectivity index (χ1) is 11.1. The molecule has 0 aliphatic carbocycles. The molecule has 0 bridgehead atoms. The first-order valence-electron chi connectivity index (χ1n) is 7.13. The Balaban J connectivity index is 1.89. The number of hydrogen-bond acceptors (Lipinski definition) is 3. The van der Waals surface area contributed by atoms with Gasteiger partial charge in [0.2, 0.25) is 0 Å². The SMILES string of the molecule is CC(Sc1nnc(-c2ccccc2Cl)n1C)c1ccccc1Cl. The van der Waals surface area contributed by atoms with Crippen molar-refractivity contribution in [1.29, 1.82) is 0 Å². The van der Waals surface area contributed by atoms with Crippen molar-refractivity contribution in [2.24, 2.45) is 7.05 Å². The normalized spacial score (nSPS) is 12.3. The molecule has 0 saturated carbocycles. The van der Waals surface area contributed by atoms with E-state index in [1.807, 2.05) is 60.1 Å². The number of aromatic nitrogens is 3. The van der Waals surface area contributed by atoms with Crippen LogP contribution in [-0.2, 0) is 7.05 Å². The smallest absolute Gasteiger partial charge is 0.191 e. The van der Waals surface area contributed by atoms with E-state index in [1.54, 1.807) is 11.8 Å². The molecule has 118 valence electrons. The lowest BCUT2D eigenvalue weighted by molar-refractivity contribution is 0.790. The van der Waals surface area contributed by atoms with Gasteiger partial charge in [-0.05, 0) is 30.7 Å². The lowest BCUT2D eigenvalue weighted by Gasteiger charge is -2.12. The van der Waals surface area contributed by atoms with E-state index in [1.165, 1.54) is 0 Å². The fourth-order valence-corrected chi connectivity index (χ4v) is 3.89. The third-order valence-electron chi connectivity index (χ3n) is 3.58. The number of halogens is 2. The van der Waals surface area contributed by atoms with Crippen LogP contribution in [0.5, 0.6) is 0 Å². The Morgan fingerprint density at radius 2 is 1.61 bits per heavy atom. The Labute approximate surface area is 149 Å². The average molecular weight is 364 g/mol. The maximum atomic E-state index is 6.27. The van der Waals surface area contributed by atoms with E-state index >= 15 is 0 Å². The first-order valence-corrected chi connectivity index (χ1v) is 8.77. The summed E-state index contributed by atoms with van der Waals surface area (Å²) in [5.74, 6) is 0.754. The van der Waals surface area contributed by atoms with Crippen LogP contribution in [0.2, 0.25) is 10.0 Å². The predicted molar refractivity (Wildman–Crippen MR) is 97.2 cm³/mol. The molecular weight excluding hydrogens is 349 g/mol. The van der Waals surface area contributed by atoms with E-state index < -0.39 is 0 Å². The number of hydrogen-bond donors (Lipinski definition) is 0. The molecule has 0 radical (unpaired) electrons. The molecule has 3 rings (SSSR count). The predicted octanol–water partition coefficient (Wildman–Crippen LogP) is 5.64. The molecular formula is C17H15Cl2N3S. The molecule has 0 saturated heterocycles. The van der Waals surface area contributed by atoms with Crippen LogP contribution in [0.3, 0.4) is 0 Å². The molecule has 1 unspecified atom stereocenters. The van der Waals surface area contributed by atoms with Gasteiger partial charge < -0.3 is 4.57 Å². The summed E-state index contributed by atoms with van der Waals surface area (Å²) < 4.78 is 1.96. The van der Waals surface area contributed by atoms with Gasteiger partial charge in [0, 0.05) is 22.9 Å². The molecule has 1 aromatic heterocycles. The van der Waals surface area contributed by atoms with Crippen LogP contribution < -0.4 is 0 Å². The molecule has 0 fully saturated rings. The van der Waals surface area contributed by atoms with Gasteiger partial charge in [0.1, 0.15) is 0 Å². The average Bonchev–Trinajstić information content (AvgIpc) is 2.89. The molecule has 3 aromatic rings. The Morgan fingerprint density at radius 3 is 2.30 bits per heavy atom. The van der Waals surface area contributed by atoms with Crippen molar-refractivity contribution < 1.29 is 0 Å². The zero-order valence-electron chi connectivity index (χ0n) is 12.7. The van der Waals surface area contributed by atoms with Crippen molar-refractivity contribution >= 4 is 35.0 Å². The molecule has 0 N–H and O–H groups in total. The van der Waals surface area contributed by atoms with E-state index in [9.17, 15) is 0 Å². The Kier molecular flexibility index (Phi) is 4.95. The van der Waals surface area contributed by atoms with Crippen molar-refractivity contribution in [2.45, 2.75) is 17.3 Å². The minimum Gasteiger partial charge on any atom is -0.305 e. The second-order valence-corrected chi connectivity index (χ2v) is 7.25. The van der Waals surface area contributed by atoms with Gasteiger partial charge in [-0.25, -0.2) is 0 Å². The first kappa shape index (κ1) is 16.4. The summed E-state index contributed by atoms with van der Waals surface area (Å²) in [6.07, 6.45) is 0. The van der Waals surface area contributed by atoms with Gasteiger partial charge in [0.25, 0.3) is 0 Å². The molecule has 2 aromatic carbocycles. The summed E-state index contributed by atoms with van der Waals surface area (Å²) in [6.45, 7) is 2.11. The van der Waals surface area contributed by atoms with Gasteiger partial charge in [-0.2, -0.15) is 0 Å². The van der Waals surface area contributed by atoms with Crippen molar-refractivity contribution in [2.75, 3.05) is 0 Å². The fraction of sp³-hybridized carbons (Fsp3) is 0.176. The number of nitrogens with zero attached hydrogens (tertiary/aromatic N) is 3. The van der Waals surface area contributed by atoms with E-state index in [0.29, 0.717) is 5.02 Å². The third kappa shape index (κ3) is 3.39. The summed E-state index contributed by atoms with van der Waals surface area (Å²) in [5.41, 5.74) is 1.96. The van der Waals surface area contributed by atoms with Gasteiger partial charge in [-0.15, -0.1) is 10.2 Å². The van der Waals surface area contributed by atoms with Gasteiger partial charge in [-0.1, -0.05) is 65.3 Å². The largest absolute Gasteiger partial charge is 0.305 e. The summed E-state index contributed by atoms with van der Waals surface area (Å²) in [7, 11) is 1.94. The van der Waals surface area contributed by atoms with Crippen molar-refractivity contribution in [3.63, 3.8) is 0 Å². The number of thioether (sulfide) groups is 1. The summed E-state index contributed by atoms with van der Waals surface area (Å²) in [6, 6.07) is 15.5. The molecule has 3 nitrogen and oxygen atoms in total. The van der Waals surface area contributed by atoms with Crippen molar-refractivity contribution in [1.82, 2.24) is 14.8 Å². The van der Waals surface area contributed by atoms with Crippen LogP contribution in [0.15, 0.2) is 53.7 Å².